The number of carbonyl (C=O) groups excluding carboxylic acids is 1. The molecule has 0 unspecified atom stereocenters. The van der Waals surface area contributed by atoms with E-state index in [1.54, 1.807) is 0 Å². The average molecular weight is 299 g/mol. The summed E-state index contributed by atoms with van der Waals surface area (Å²) in [6, 6.07) is 13.8. The minimum Gasteiger partial charge on any atom is -0.494 e. The third-order valence-electron chi connectivity index (χ3n) is 3.42. The van der Waals surface area contributed by atoms with Gasteiger partial charge in [-0.1, -0.05) is 30.3 Å². The summed E-state index contributed by atoms with van der Waals surface area (Å²) in [4.78, 5) is 11.4. The Kier molecular flexibility index (Phi) is 5.55. The van der Waals surface area contributed by atoms with E-state index < -0.39 is 0 Å². The average Bonchev–Trinajstić information content (AvgIpc) is 2.55. The van der Waals surface area contributed by atoms with Crippen molar-refractivity contribution in [2.75, 3.05) is 13.7 Å². The van der Waals surface area contributed by atoms with Crippen molar-refractivity contribution >= 4 is 5.97 Å². The standard InChI is InChI=1S/C18H21NO3/c1-3-22-17-8-7-15(11-16(17)12-19)14-6-4-5-13(9-14)10-18(20)21-2/h4-9,11H,3,10,12,19H2,1-2H3. The van der Waals surface area contributed by atoms with E-state index in [0.29, 0.717) is 13.2 Å². The Hall–Kier alpha value is -2.33. The van der Waals surface area contributed by atoms with E-state index in [4.69, 9.17) is 15.2 Å². The van der Waals surface area contributed by atoms with Crippen LogP contribution in [0.15, 0.2) is 42.5 Å². The van der Waals surface area contributed by atoms with E-state index in [1.165, 1.54) is 7.11 Å². The Balaban J connectivity index is 2.31. The van der Waals surface area contributed by atoms with Crippen LogP contribution in [-0.4, -0.2) is 19.7 Å². The summed E-state index contributed by atoms with van der Waals surface area (Å²) < 4.78 is 10.3. The molecule has 0 aliphatic heterocycles. The molecule has 0 aromatic heterocycles. The Bertz CT molecular complexity index is 653. The SMILES string of the molecule is CCOc1ccc(-c2cccc(CC(=O)OC)c2)cc1CN. The zero-order valence-electron chi connectivity index (χ0n) is 13.0. The summed E-state index contributed by atoms with van der Waals surface area (Å²) in [6.45, 7) is 2.98. The molecule has 0 saturated heterocycles. The van der Waals surface area contributed by atoms with Gasteiger partial charge < -0.3 is 15.2 Å². The summed E-state index contributed by atoms with van der Waals surface area (Å²) >= 11 is 0. The smallest absolute Gasteiger partial charge is 0.309 e. The third-order valence-corrected chi connectivity index (χ3v) is 3.42. The van der Waals surface area contributed by atoms with Crippen LogP contribution in [0.2, 0.25) is 0 Å². The molecule has 4 heteroatoms. The number of carbonyl (C=O) groups is 1. The van der Waals surface area contributed by atoms with Gasteiger partial charge in [-0.2, -0.15) is 0 Å². The van der Waals surface area contributed by atoms with Gasteiger partial charge in [0.15, 0.2) is 0 Å². The molecule has 0 radical (unpaired) electrons. The molecule has 2 aromatic rings. The zero-order valence-corrected chi connectivity index (χ0v) is 13.0. The summed E-state index contributed by atoms with van der Waals surface area (Å²) in [5.41, 5.74) is 9.79. The van der Waals surface area contributed by atoms with E-state index in [1.807, 2.05) is 49.4 Å². The predicted molar refractivity (Wildman–Crippen MR) is 86.7 cm³/mol. The maximum absolute atomic E-state index is 11.4. The highest BCUT2D eigenvalue weighted by Gasteiger charge is 2.07. The van der Waals surface area contributed by atoms with Gasteiger partial charge >= 0.3 is 5.97 Å². The first-order chi connectivity index (χ1) is 10.7. The highest BCUT2D eigenvalue weighted by Crippen LogP contribution is 2.27. The van der Waals surface area contributed by atoms with Gasteiger partial charge in [0, 0.05) is 12.1 Å². The van der Waals surface area contributed by atoms with Crippen molar-refractivity contribution in [2.24, 2.45) is 5.73 Å². The number of ether oxygens (including phenoxy) is 2. The van der Waals surface area contributed by atoms with Gasteiger partial charge in [-0.3, -0.25) is 4.79 Å². The van der Waals surface area contributed by atoms with Gasteiger partial charge in [0.2, 0.25) is 0 Å². The molecular weight excluding hydrogens is 278 g/mol. The molecule has 0 spiro atoms. The van der Waals surface area contributed by atoms with Crippen molar-refractivity contribution in [3.8, 4) is 16.9 Å². The van der Waals surface area contributed by atoms with Crippen molar-refractivity contribution in [1.29, 1.82) is 0 Å². The second kappa shape index (κ2) is 7.61. The second-order valence-electron chi connectivity index (χ2n) is 4.91. The number of hydrogen-bond acceptors (Lipinski definition) is 4. The van der Waals surface area contributed by atoms with Gasteiger partial charge in [0.25, 0.3) is 0 Å². The number of nitrogens with two attached hydrogens (primary N) is 1. The van der Waals surface area contributed by atoms with Gasteiger partial charge in [-0.05, 0) is 35.7 Å². The second-order valence-corrected chi connectivity index (χ2v) is 4.91. The molecule has 2 aromatic carbocycles. The number of methoxy groups -OCH3 is 1. The maximum atomic E-state index is 11.4. The summed E-state index contributed by atoms with van der Waals surface area (Å²) in [7, 11) is 1.40. The molecule has 0 bridgehead atoms. The molecule has 0 heterocycles. The highest BCUT2D eigenvalue weighted by molar-refractivity contribution is 5.74. The molecule has 0 fully saturated rings. The fourth-order valence-corrected chi connectivity index (χ4v) is 2.31. The molecule has 22 heavy (non-hydrogen) atoms. The van der Waals surface area contributed by atoms with Crippen LogP contribution >= 0.6 is 0 Å². The van der Waals surface area contributed by atoms with E-state index in [9.17, 15) is 4.79 Å². The van der Waals surface area contributed by atoms with Crippen LogP contribution in [0.25, 0.3) is 11.1 Å². The lowest BCUT2D eigenvalue weighted by Gasteiger charge is -2.11. The Morgan fingerprint density at radius 3 is 2.59 bits per heavy atom. The maximum Gasteiger partial charge on any atom is 0.309 e. The molecule has 0 saturated carbocycles. The lowest BCUT2D eigenvalue weighted by atomic mass is 9.99. The summed E-state index contributed by atoms with van der Waals surface area (Å²) in [6.07, 6.45) is 0.269. The lowest BCUT2D eigenvalue weighted by Crippen LogP contribution is -2.04. The third kappa shape index (κ3) is 3.86. The molecule has 0 atom stereocenters. The monoisotopic (exact) mass is 299 g/mol. The number of rotatable bonds is 6. The van der Waals surface area contributed by atoms with Crippen LogP contribution < -0.4 is 10.5 Å². The van der Waals surface area contributed by atoms with Crippen LogP contribution in [-0.2, 0) is 22.5 Å². The van der Waals surface area contributed by atoms with Crippen molar-refractivity contribution in [2.45, 2.75) is 19.9 Å². The zero-order chi connectivity index (χ0) is 15.9. The van der Waals surface area contributed by atoms with Gasteiger partial charge in [-0.15, -0.1) is 0 Å². The van der Waals surface area contributed by atoms with Gasteiger partial charge in [0.1, 0.15) is 5.75 Å². The first-order valence-electron chi connectivity index (χ1n) is 7.29. The van der Waals surface area contributed by atoms with E-state index in [2.05, 4.69) is 0 Å². The number of hydrogen-bond donors (Lipinski definition) is 1. The van der Waals surface area contributed by atoms with Crippen LogP contribution in [0.1, 0.15) is 18.1 Å². The van der Waals surface area contributed by atoms with E-state index in [0.717, 1.165) is 28.0 Å². The van der Waals surface area contributed by atoms with Crippen molar-refractivity contribution in [3.63, 3.8) is 0 Å². The summed E-state index contributed by atoms with van der Waals surface area (Å²) in [5.74, 6) is 0.575. The largest absolute Gasteiger partial charge is 0.494 e. The fraction of sp³-hybridized carbons (Fsp3) is 0.278. The van der Waals surface area contributed by atoms with Crippen LogP contribution in [0.3, 0.4) is 0 Å². The van der Waals surface area contributed by atoms with Crippen LogP contribution in [0.4, 0.5) is 0 Å². The molecule has 4 nitrogen and oxygen atoms in total. The molecule has 0 aliphatic rings. The van der Waals surface area contributed by atoms with Crippen molar-refractivity contribution in [1.82, 2.24) is 0 Å². The molecular formula is C18H21NO3. The minimum absolute atomic E-state index is 0.244. The molecule has 0 amide bonds. The molecule has 2 rings (SSSR count). The van der Waals surface area contributed by atoms with E-state index >= 15 is 0 Å². The van der Waals surface area contributed by atoms with Crippen molar-refractivity contribution in [3.05, 3.63) is 53.6 Å². The highest BCUT2D eigenvalue weighted by atomic mass is 16.5. The Morgan fingerprint density at radius 2 is 1.91 bits per heavy atom. The van der Waals surface area contributed by atoms with E-state index in [-0.39, 0.29) is 12.4 Å². The topological polar surface area (TPSA) is 61.5 Å². The number of benzene rings is 2. The quantitative estimate of drug-likeness (QED) is 0.833. The first-order valence-corrected chi connectivity index (χ1v) is 7.29. The normalized spacial score (nSPS) is 10.3. The van der Waals surface area contributed by atoms with Gasteiger partial charge in [-0.25, -0.2) is 0 Å². The molecule has 2 N–H and O–H groups in total. The molecule has 116 valence electrons. The van der Waals surface area contributed by atoms with Crippen LogP contribution in [0.5, 0.6) is 5.75 Å². The molecule has 0 aliphatic carbocycles. The Labute approximate surface area is 130 Å². The number of esters is 1. The minimum atomic E-state index is -0.244. The fourth-order valence-electron chi connectivity index (χ4n) is 2.31. The predicted octanol–water partition coefficient (Wildman–Crippen LogP) is 2.93. The lowest BCUT2D eigenvalue weighted by molar-refractivity contribution is -0.139. The van der Waals surface area contributed by atoms with Gasteiger partial charge in [0.05, 0.1) is 20.1 Å². The first kappa shape index (κ1) is 16.0. The van der Waals surface area contributed by atoms with Crippen LogP contribution in [0, 0.1) is 0 Å². The Morgan fingerprint density at radius 1 is 1.14 bits per heavy atom. The summed E-state index contributed by atoms with van der Waals surface area (Å²) in [5, 5.41) is 0. The van der Waals surface area contributed by atoms with Crippen molar-refractivity contribution < 1.29 is 14.3 Å².